The number of morpholine rings is 1. The molecule has 1 aromatic heterocycles. The minimum absolute atomic E-state index is 0.0186. The Bertz CT molecular complexity index is 629. The second kappa shape index (κ2) is 6.77. The molecule has 3 rings (SSSR count). The van der Waals surface area contributed by atoms with Crippen molar-refractivity contribution in [2.24, 2.45) is 0 Å². The Labute approximate surface area is 135 Å². The van der Waals surface area contributed by atoms with Gasteiger partial charge in [-0.25, -0.2) is 0 Å². The molecule has 6 heteroatoms. The molecule has 2 heterocycles. The summed E-state index contributed by atoms with van der Waals surface area (Å²) in [6.45, 7) is 7.01. The van der Waals surface area contributed by atoms with Gasteiger partial charge in [0, 0.05) is 29.6 Å². The zero-order valence-corrected chi connectivity index (χ0v) is 13.6. The van der Waals surface area contributed by atoms with Gasteiger partial charge in [-0.1, -0.05) is 43.6 Å². The summed E-state index contributed by atoms with van der Waals surface area (Å²) < 4.78 is 11.5. The lowest BCUT2D eigenvalue weighted by Crippen LogP contribution is -2.38. The van der Waals surface area contributed by atoms with Crippen molar-refractivity contribution in [1.82, 2.24) is 15.1 Å². The Morgan fingerprint density at radius 3 is 2.86 bits per heavy atom. The molecule has 1 aliphatic heterocycles. The van der Waals surface area contributed by atoms with E-state index in [1.165, 1.54) is 0 Å². The van der Waals surface area contributed by atoms with Crippen molar-refractivity contribution in [3.8, 4) is 0 Å². The van der Waals surface area contributed by atoms with Crippen molar-refractivity contribution < 1.29 is 9.15 Å². The Balaban J connectivity index is 1.66. The predicted molar refractivity (Wildman–Crippen MR) is 83.8 cm³/mol. The number of rotatable bonds is 4. The van der Waals surface area contributed by atoms with E-state index >= 15 is 0 Å². The third-order valence-corrected chi connectivity index (χ3v) is 4.08. The molecule has 118 valence electrons. The molecular weight excluding hydrogens is 302 g/mol. The second-order valence-corrected chi connectivity index (χ2v) is 6.21. The van der Waals surface area contributed by atoms with Crippen LogP contribution in [0.5, 0.6) is 0 Å². The maximum absolute atomic E-state index is 6.26. The van der Waals surface area contributed by atoms with E-state index < -0.39 is 0 Å². The van der Waals surface area contributed by atoms with Gasteiger partial charge in [-0.05, 0) is 6.07 Å². The lowest BCUT2D eigenvalue weighted by molar-refractivity contribution is -0.0352. The van der Waals surface area contributed by atoms with Crippen LogP contribution in [-0.2, 0) is 11.3 Å². The highest BCUT2D eigenvalue weighted by molar-refractivity contribution is 6.31. The standard InChI is InChI=1S/C16H20ClN3O2/c1-11(2)16-19-18-15(22-16)10-20-7-8-21-14(9-20)12-5-3-4-6-13(12)17/h3-6,11,14H,7-10H2,1-2H3. The maximum Gasteiger partial charge on any atom is 0.230 e. The van der Waals surface area contributed by atoms with E-state index in [-0.39, 0.29) is 12.0 Å². The van der Waals surface area contributed by atoms with Crippen LogP contribution in [0.25, 0.3) is 0 Å². The first-order valence-corrected chi connectivity index (χ1v) is 7.92. The molecule has 1 unspecified atom stereocenters. The fourth-order valence-electron chi connectivity index (χ4n) is 2.53. The van der Waals surface area contributed by atoms with Gasteiger partial charge in [-0.15, -0.1) is 10.2 Å². The molecule has 1 saturated heterocycles. The van der Waals surface area contributed by atoms with E-state index in [1.54, 1.807) is 0 Å². The Morgan fingerprint density at radius 1 is 1.32 bits per heavy atom. The van der Waals surface area contributed by atoms with Crippen molar-refractivity contribution in [1.29, 1.82) is 0 Å². The quantitative estimate of drug-likeness (QED) is 0.863. The minimum Gasteiger partial charge on any atom is -0.424 e. The molecular formula is C16H20ClN3O2. The van der Waals surface area contributed by atoms with Crippen molar-refractivity contribution in [3.05, 3.63) is 46.6 Å². The number of nitrogens with zero attached hydrogens (tertiary/aromatic N) is 3. The molecule has 0 bridgehead atoms. The summed E-state index contributed by atoms with van der Waals surface area (Å²) in [7, 11) is 0. The zero-order chi connectivity index (χ0) is 15.5. The van der Waals surface area contributed by atoms with E-state index in [1.807, 2.05) is 38.1 Å². The summed E-state index contributed by atoms with van der Waals surface area (Å²) in [5.41, 5.74) is 1.03. The summed E-state index contributed by atoms with van der Waals surface area (Å²) in [4.78, 5) is 2.26. The van der Waals surface area contributed by atoms with Crippen LogP contribution in [-0.4, -0.2) is 34.8 Å². The molecule has 2 aromatic rings. The molecule has 0 N–H and O–H groups in total. The molecule has 0 radical (unpaired) electrons. The van der Waals surface area contributed by atoms with Gasteiger partial charge < -0.3 is 9.15 Å². The average Bonchev–Trinajstić information content (AvgIpc) is 2.97. The molecule has 0 spiro atoms. The number of ether oxygens (including phenoxy) is 1. The normalized spacial score (nSPS) is 19.7. The van der Waals surface area contributed by atoms with Gasteiger partial charge in [0.15, 0.2) is 0 Å². The molecule has 5 nitrogen and oxygen atoms in total. The number of hydrogen-bond acceptors (Lipinski definition) is 5. The minimum atomic E-state index is -0.0186. The van der Waals surface area contributed by atoms with Crippen LogP contribution in [0, 0.1) is 0 Å². The fourth-order valence-corrected chi connectivity index (χ4v) is 2.78. The lowest BCUT2D eigenvalue weighted by atomic mass is 10.1. The third-order valence-electron chi connectivity index (χ3n) is 3.74. The first-order valence-electron chi connectivity index (χ1n) is 7.54. The monoisotopic (exact) mass is 321 g/mol. The highest BCUT2D eigenvalue weighted by atomic mass is 35.5. The van der Waals surface area contributed by atoms with Gasteiger partial charge in [0.1, 0.15) is 0 Å². The van der Waals surface area contributed by atoms with Crippen LogP contribution >= 0.6 is 11.6 Å². The second-order valence-electron chi connectivity index (χ2n) is 5.80. The predicted octanol–water partition coefficient (Wildman–Crippen LogP) is 3.42. The van der Waals surface area contributed by atoms with Gasteiger partial charge in [-0.3, -0.25) is 4.90 Å². The van der Waals surface area contributed by atoms with Crippen LogP contribution in [0.1, 0.15) is 43.2 Å². The summed E-state index contributed by atoms with van der Waals surface area (Å²) in [5.74, 6) is 1.59. The average molecular weight is 322 g/mol. The summed E-state index contributed by atoms with van der Waals surface area (Å²) >= 11 is 6.26. The van der Waals surface area contributed by atoms with Gasteiger partial charge >= 0.3 is 0 Å². The van der Waals surface area contributed by atoms with Gasteiger partial charge in [-0.2, -0.15) is 0 Å². The van der Waals surface area contributed by atoms with E-state index in [0.717, 1.165) is 23.7 Å². The number of benzene rings is 1. The van der Waals surface area contributed by atoms with Crippen LogP contribution in [0.15, 0.2) is 28.7 Å². The first-order chi connectivity index (χ1) is 10.6. The maximum atomic E-state index is 6.26. The number of hydrogen-bond donors (Lipinski definition) is 0. The molecule has 0 aliphatic carbocycles. The molecule has 1 fully saturated rings. The zero-order valence-electron chi connectivity index (χ0n) is 12.8. The van der Waals surface area contributed by atoms with Gasteiger partial charge in [0.25, 0.3) is 0 Å². The molecule has 0 amide bonds. The van der Waals surface area contributed by atoms with Crippen LogP contribution < -0.4 is 0 Å². The summed E-state index contributed by atoms with van der Waals surface area (Å²) in [6.07, 6.45) is -0.0186. The van der Waals surface area contributed by atoms with E-state index in [2.05, 4.69) is 15.1 Å². The smallest absolute Gasteiger partial charge is 0.230 e. The Hall–Kier alpha value is -1.43. The van der Waals surface area contributed by atoms with Crippen molar-refractivity contribution in [2.45, 2.75) is 32.4 Å². The largest absolute Gasteiger partial charge is 0.424 e. The highest BCUT2D eigenvalue weighted by Crippen LogP contribution is 2.28. The number of aromatic nitrogens is 2. The summed E-state index contributed by atoms with van der Waals surface area (Å²) in [6, 6.07) is 7.82. The molecule has 22 heavy (non-hydrogen) atoms. The van der Waals surface area contributed by atoms with Crippen molar-refractivity contribution in [2.75, 3.05) is 19.7 Å². The Morgan fingerprint density at radius 2 is 2.14 bits per heavy atom. The van der Waals surface area contributed by atoms with Crippen LogP contribution in [0.2, 0.25) is 5.02 Å². The van der Waals surface area contributed by atoms with Crippen molar-refractivity contribution >= 4 is 11.6 Å². The lowest BCUT2D eigenvalue weighted by Gasteiger charge is -2.32. The highest BCUT2D eigenvalue weighted by Gasteiger charge is 2.25. The third kappa shape index (κ3) is 3.48. The molecule has 1 aromatic carbocycles. The van der Waals surface area contributed by atoms with Crippen molar-refractivity contribution in [3.63, 3.8) is 0 Å². The fraction of sp³-hybridized carbons (Fsp3) is 0.500. The summed E-state index contributed by atoms with van der Waals surface area (Å²) in [5, 5.41) is 8.94. The van der Waals surface area contributed by atoms with Crippen LogP contribution in [0.3, 0.4) is 0 Å². The first kappa shape index (κ1) is 15.5. The topological polar surface area (TPSA) is 51.4 Å². The molecule has 1 aliphatic rings. The number of halogens is 1. The Kier molecular flexibility index (Phi) is 4.76. The molecule has 1 atom stereocenters. The van der Waals surface area contributed by atoms with Gasteiger partial charge in [0.05, 0.1) is 19.3 Å². The SMILES string of the molecule is CC(C)c1nnc(CN2CCOC(c3ccccc3Cl)C2)o1. The van der Waals surface area contributed by atoms with E-state index in [4.69, 9.17) is 20.8 Å². The van der Waals surface area contributed by atoms with E-state index in [9.17, 15) is 0 Å². The van der Waals surface area contributed by atoms with Crippen LogP contribution in [0.4, 0.5) is 0 Å². The molecule has 0 saturated carbocycles. The van der Waals surface area contributed by atoms with Gasteiger partial charge in [0.2, 0.25) is 11.8 Å². The van der Waals surface area contributed by atoms with E-state index in [0.29, 0.717) is 24.9 Å².